The van der Waals surface area contributed by atoms with Gasteiger partial charge < -0.3 is 14.2 Å². The molecule has 7 heteroatoms. The fraction of sp³-hybridized carbons (Fsp3) is 0.278. The monoisotopic (exact) mass is 401 g/mol. The highest BCUT2D eigenvalue weighted by Crippen LogP contribution is 2.30. The molecule has 0 atom stereocenters. The summed E-state index contributed by atoms with van der Waals surface area (Å²) < 4.78 is 14.5. The molecule has 0 bridgehead atoms. The number of hydrogen-bond donors (Lipinski definition) is 1. The van der Waals surface area contributed by atoms with E-state index in [4.69, 9.17) is 54.4 Å². The van der Waals surface area contributed by atoms with E-state index in [1.165, 1.54) is 0 Å². The first kappa shape index (κ1) is 19.7. The number of rotatable bonds is 7. The smallest absolute Gasteiger partial charge is 0.265 e. The van der Waals surface area contributed by atoms with Gasteiger partial charge in [-0.2, -0.15) is 0 Å². The molecule has 4 nitrogen and oxygen atoms in total. The van der Waals surface area contributed by atoms with E-state index in [1.54, 1.807) is 7.11 Å². The molecular formula is C18H18Cl3NO3. The minimum Gasteiger partial charge on any atom is -0.493 e. The van der Waals surface area contributed by atoms with Crippen molar-refractivity contribution in [3.63, 3.8) is 0 Å². The summed E-state index contributed by atoms with van der Waals surface area (Å²) in [7, 11) is 1.59. The van der Waals surface area contributed by atoms with Gasteiger partial charge in [-0.1, -0.05) is 71.2 Å². The molecule has 0 heterocycles. The summed E-state index contributed by atoms with van der Waals surface area (Å²) in [6, 6.07) is 15.5. The van der Waals surface area contributed by atoms with E-state index in [0.717, 1.165) is 11.1 Å². The van der Waals surface area contributed by atoms with E-state index in [9.17, 15) is 0 Å². The molecule has 0 amide bonds. The lowest BCUT2D eigenvalue weighted by Gasteiger charge is -2.15. The first-order chi connectivity index (χ1) is 11.9. The molecule has 25 heavy (non-hydrogen) atoms. The second-order valence-corrected chi connectivity index (χ2v) is 7.47. The topological polar surface area (TPSA) is 51.5 Å². The lowest BCUT2D eigenvalue weighted by molar-refractivity contribution is 0.283. The molecule has 2 rings (SSSR count). The van der Waals surface area contributed by atoms with Crippen LogP contribution >= 0.6 is 34.8 Å². The molecule has 0 saturated carbocycles. The van der Waals surface area contributed by atoms with Crippen molar-refractivity contribution >= 4 is 40.7 Å². The normalized spacial score (nSPS) is 11.0. The van der Waals surface area contributed by atoms with E-state index in [0.29, 0.717) is 24.5 Å². The predicted molar refractivity (Wildman–Crippen MR) is 101 cm³/mol. The number of methoxy groups -OCH3 is 1. The summed E-state index contributed by atoms with van der Waals surface area (Å²) in [6.45, 7) is 0.681. The van der Waals surface area contributed by atoms with Crippen LogP contribution in [0.3, 0.4) is 0 Å². The zero-order valence-corrected chi connectivity index (χ0v) is 15.9. The second kappa shape index (κ2) is 9.18. The highest BCUT2D eigenvalue weighted by molar-refractivity contribution is 6.76. The van der Waals surface area contributed by atoms with Gasteiger partial charge in [0, 0.05) is 6.42 Å². The summed E-state index contributed by atoms with van der Waals surface area (Å²) in [5.41, 5.74) is 2.04. The van der Waals surface area contributed by atoms with E-state index >= 15 is 0 Å². The minimum atomic E-state index is -1.84. The highest BCUT2D eigenvalue weighted by Gasteiger charge is 2.28. The number of alkyl halides is 3. The Balaban J connectivity index is 1.93. The Kier molecular flexibility index (Phi) is 7.24. The maximum Gasteiger partial charge on any atom is 0.265 e. The van der Waals surface area contributed by atoms with Crippen molar-refractivity contribution in [2.24, 2.45) is 0 Å². The Morgan fingerprint density at radius 2 is 1.72 bits per heavy atom. The molecule has 0 aliphatic rings. The van der Waals surface area contributed by atoms with E-state index < -0.39 is 9.69 Å². The average Bonchev–Trinajstić information content (AvgIpc) is 2.60. The third-order valence-corrected chi connectivity index (χ3v) is 3.87. The highest BCUT2D eigenvalue weighted by atomic mass is 35.6. The number of halogens is 3. The fourth-order valence-electron chi connectivity index (χ4n) is 2.07. The molecule has 134 valence electrons. The Morgan fingerprint density at radius 1 is 1.00 bits per heavy atom. The van der Waals surface area contributed by atoms with Crippen LogP contribution in [-0.2, 0) is 17.8 Å². The second-order valence-electron chi connectivity index (χ2n) is 5.18. The van der Waals surface area contributed by atoms with Crippen LogP contribution in [-0.4, -0.2) is 23.4 Å². The standard InChI is InChI=1S/C18H18Cl3NO3/c1-23-16-11-13(9-10-24-17(22)18(19,20)21)7-8-15(16)25-12-14-5-3-2-4-6-14/h2-8,11,22H,9-10,12H2,1H3. The first-order valence-corrected chi connectivity index (χ1v) is 8.65. The molecule has 0 aliphatic carbocycles. The van der Waals surface area contributed by atoms with Gasteiger partial charge >= 0.3 is 0 Å². The largest absolute Gasteiger partial charge is 0.493 e. The van der Waals surface area contributed by atoms with Crippen LogP contribution in [0, 0.1) is 5.41 Å². The first-order valence-electron chi connectivity index (χ1n) is 7.52. The van der Waals surface area contributed by atoms with Crippen molar-refractivity contribution in [3.8, 4) is 11.5 Å². The predicted octanol–water partition coefficient (Wildman–Crippen LogP) is 5.18. The molecule has 1 N–H and O–H groups in total. The van der Waals surface area contributed by atoms with Crippen LogP contribution in [0.4, 0.5) is 0 Å². The van der Waals surface area contributed by atoms with Gasteiger partial charge in [0.25, 0.3) is 3.79 Å². The minimum absolute atomic E-state index is 0.222. The maximum absolute atomic E-state index is 7.49. The third kappa shape index (κ3) is 6.31. The van der Waals surface area contributed by atoms with Crippen molar-refractivity contribution in [3.05, 3.63) is 59.7 Å². The van der Waals surface area contributed by atoms with Gasteiger partial charge in [0.2, 0.25) is 5.90 Å². The van der Waals surface area contributed by atoms with E-state index in [-0.39, 0.29) is 6.61 Å². The Morgan fingerprint density at radius 3 is 2.36 bits per heavy atom. The lowest BCUT2D eigenvalue weighted by atomic mass is 10.1. The van der Waals surface area contributed by atoms with Gasteiger partial charge in [0.15, 0.2) is 11.5 Å². The van der Waals surface area contributed by atoms with E-state index in [1.807, 2.05) is 48.5 Å². The molecule has 0 unspecified atom stereocenters. The zero-order chi connectivity index (χ0) is 18.3. The lowest BCUT2D eigenvalue weighted by Crippen LogP contribution is -2.22. The average molecular weight is 403 g/mol. The van der Waals surface area contributed by atoms with Gasteiger partial charge in [-0.15, -0.1) is 0 Å². The summed E-state index contributed by atoms with van der Waals surface area (Å²) in [5, 5.41) is 7.49. The molecule has 0 fully saturated rings. The van der Waals surface area contributed by atoms with Crippen LogP contribution in [0.1, 0.15) is 11.1 Å². The fourth-order valence-corrected chi connectivity index (χ4v) is 2.24. The zero-order valence-electron chi connectivity index (χ0n) is 13.6. The number of hydrogen-bond acceptors (Lipinski definition) is 4. The van der Waals surface area contributed by atoms with Gasteiger partial charge in [-0.25, -0.2) is 0 Å². The molecule has 2 aromatic carbocycles. The molecule has 0 aliphatic heterocycles. The van der Waals surface area contributed by atoms with Gasteiger partial charge in [-0.3, -0.25) is 5.41 Å². The maximum atomic E-state index is 7.49. The molecule has 0 spiro atoms. The van der Waals surface area contributed by atoms with Crippen LogP contribution in [0.25, 0.3) is 0 Å². The summed E-state index contributed by atoms with van der Waals surface area (Å²) in [6.07, 6.45) is 0.540. The SMILES string of the molecule is COc1cc(CCOC(=N)C(Cl)(Cl)Cl)ccc1OCc1ccccc1. The summed E-state index contributed by atoms with van der Waals surface area (Å²) >= 11 is 16.7. The van der Waals surface area contributed by atoms with Crippen LogP contribution in [0.15, 0.2) is 48.5 Å². The number of nitrogens with one attached hydrogen (secondary N) is 1. The molecule has 2 aromatic rings. The van der Waals surface area contributed by atoms with Crippen LogP contribution in [0.2, 0.25) is 0 Å². The van der Waals surface area contributed by atoms with Crippen molar-refractivity contribution in [2.45, 2.75) is 16.8 Å². The Bertz CT molecular complexity index is 702. The third-order valence-electron chi connectivity index (χ3n) is 3.36. The van der Waals surface area contributed by atoms with E-state index in [2.05, 4.69) is 0 Å². The van der Waals surface area contributed by atoms with Gasteiger partial charge in [0.1, 0.15) is 6.61 Å². The van der Waals surface area contributed by atoms with Crippen LogP contribution in [0.5, 0.6) is 11.5 Å². The summed E-state index contributed by atoms with van der Waals surface area (Å²) in [4.78, 5) is 0. The van der Waals surface area contributed by atoms with Crippen molar-refractivity contribution in [2.75, 3.05) is 13.7 Å². The van der Waals surface area contributed by atoms with Crippen molar-refractivity contribution in [1.82, 2.24) is 0 Å². The summed E-state index contributed by atoms with van der Waals surface area (Å²) in [5.74, 6) is 0.891. The van der Waals surface area contributed by atoms with Gasteiger partial charge in [-0.05, 0) is 23.3 Å². The van der Waals surface area contributed by atoms with Gasteiger partial charge in [0.05, 0.1) is 13.7 Å². The molecule has 0 saturated heterocycles. The van der Waals surface area contributed by atoms with Crippen molar-refractivity contribution in [1.29, 1.82) is 5.41 Å². The quantitative estimate of drug-likeness (QED) is 0.394. The Labute approximate surface area is 162 Å². The van der Waals surface area contributed by atoms with Crippen molar-refractivity contribution < 1.29 is 14.2 Å². The molecular weight excluding hydrogens is 385 g/mol. The number of benzene rings is 2. The molecule has 0 aromatic heterocycles. The molecule has 0 radical (unpaired) electrons. The number of ether oxygens (including phenoxy) is 3. The Hall–Kier alpha value is -1.62. The van der Waals surface area contributed by atoms with Crippen LogP contribution < -0.4 is 9.47 Å².